The third-order valence-corrected chi connectivity index (χ3v) is 1.96. The van der Waals surface area contributed by atoms with Crippen LogP contribution in [0.5, 0.6) is 0 Å². The van der Waals surface area contributed by atoms with Crippen LogP contribution in [0.15, 0.2) is 0 Å². The molecule has 0 amide bonds. The maximum Gasteiger partial charge on any atom is 0.217 e. The summed E-state index contributed by atoms with van der Waals surface area (Å²) in [7, 11) is 0. The lowest BCUT2D eigenvalue weighted by Gasteiger charge is -2.25. The van der Waals surface area contributed by atoms with E-state index in [9.17, 15) is 5.11 Å². The molecular weight excluding hydrogens is 220 g/mol. The Labute approximate surface area is 88.2 Å². The van der Waals surface area contributed by atoms with Crippen LogP contribution in [-0.2, 0) is 0 Å². The van der Waals surface area contributed by atoms with Crippen molar-refractivity contribution >= 4 is 34.8 Å². The van der Waals surface area contributed by atoms with E-state index in [1.165, 1.54) is 0 Å². The first kappa shape index (κ1) is 12.8. The van der Waals surface area contributed by atoms with Crippen molar-refractivity contribution in [3.05, 3.63) is 0 Å². The summed E-state index contributed by atoms with van der Waals surface area (Å²) in [6, 6.07) is 0. The molecular formula is C7H14Cl3NO. The van der Waals surface area contributed by atoms with Gasteiger partial charge in [-0.1, -0.05) is 34.8 Å². The first-order chi connectivity index (χ1) is 5.13. The van der Waals surface area contributed by atoms with Crippen molar-refractivity contribution in [3.8, 4) is 0 Å². The molecule has 0 aromatic carbocycles. The van der Waals surface area contributed by atoms with Crippen LogP contribution in [0.25, 0.3) is 0 Å². The Morgan fingerprint density at radius 1 is 1.25 bits per heavy atom. The predicted molar refractivity (Wildman–Crippen MR) is 54.1 cm³/mol. The van der Waals surface area contributed by atoms with E-state index in [2.05, 4.69) is 5.32 Å². The predicted octanol–water partition coefficient (Wildman–Crippen LogP) is 2.11. The average molecular weight is 235 g/mol. The molecule has 0 saturated heterocycles. The maximum atomic E-state index is 9.29. The van der Waals surface area contributed by atoms with Crippen molar-refractivity contribution in [2.45, 2.75) is 36.2 Å². The molecule has 2 N–H and O–H groups in total. The number of alkyl halides is 3. The van der Waals surface area contributed by atoms with Crippen molar-refractivity contribution in [1.82, 2.24) is 5.32 Å². The highest BCUT2D eigenvalue weighted by Gasteiger charge is 2.31. The molecule has 1 atom stereocenters. The van der Waals surface area contributed by atoms with Crippen LogP contribution in [0, 0.1) is 0 Å². The highest BCUT2D eigenvalue weighted by Crippen LogP contribution is 2.29. The molecule has 0 spiro atoms. The molecule has 0 unspecified atom stereocenters. The van der Waals surface area contributed by atoms with Crippen molar-refractivity contribution < 1.29 is 5.11 Å². The number of halogens is 3. The first-order valence-electron chi connectivity index (χ1n) is 3.63. The van der Waals surface area contributed by atoms with E-state index in [-0.39, 0.29) is 12.1 Å². The van der Waals surface area contributed by atoms with Gasteiger partial charge in [-0.3, -0.25) is 0 Å². The smallest absolute Gasteiger partial charge is 0.217 e. The van der Waals surface area contributed by atoms with Crippen LogP contribution in [0.3, 0.4) is 0 Å². The second-order valence-corrected chi connectivity index (χ2v) is 6.06. The standard InChI is InChI=1S/C7H14Cl3NO/c1-6(2,3)11-4-5(12)7(8,9)10/h5,11-12H,4H2,1-3H3/t5-/m0/s1. The highest BCUT2D eigenvalue weighted by atomic mass is 35.6. The van der Waals surface area contributed by atoms with Gasteiger partial charge in [-0.15, -0.1) is 0 Å². The number of β-amino-alcohol motifs (C(OH)–C–C–N with tert-alkyl or cyclic N) is 1. The summed E-state index contributed by atoms with van der Waals surface area (Å²) in [6.45, 7) is 6.17. The van der Waals surface area contributed by atoms with E-state index in [1.54, 1.807) is 0 Å². The highest BCUT2D eigenvalue weighted by molar-refractivity contribution is 6.68. The van der Waals surface area contributed by atoms with Crippen LogP contribution < -0.4 is 5.32 Å². The molecule has 0 aliphatic rings. The third kappa shape index (κ3) is 6.32. The molecule has 0 heterocycles. The average Bonchev–Trinajstić information content (AvgIpc) is 1.78. The zero-order valence-electron chi connectivity index (χ0n) is 7.37. The Morgan fingerprint density at radius 3 is 1.92 bits per heavy atom. The monoisotopic (exact) mass is 233 g/mol. The van der Waals surface area contributed by atoms with Crippen molar-refractivity contribution in [2.75, 3.05) is 6.54 Å². The van der Waals surface area contributed by atoms with Gasteiger partial charge in [0.1, 0.15) is 6.10 Å². The number of aliphatic hydroxyl groups is 1. The van der Waals surface area contributed by atoms with Gasteiger partial charge in [0.25, 0.3) is 0 Å². The van der Waals surface area contributed by atoms with Gasteiger partial charge in [0.2, 0.25) is 3.79 Å². The number of rotatable bonds is 2. The fourth-order valence-corrected chi connectivity index (χ4v) is 0.750. The topological polar surface area (TPSA) is 32.3 Å². The Kier molecular flexibility index (Phi) is 4.62. The van der Waals surface area contributed by atoms with Gasteiger partial charge in [-0.2, -0.15) is 0 Å². The van der Waals surface area contributed by atoms with E-state index in [0.29, 0.717) is 0 Å². The summed E-state index contributed by atoms with van der Waals surface area (Å²) in [5.74, 6) is 0. The minimum Gasteiger partial charge on any atom is -0.387 e. The first-order valence-corrected chi connectivity index (χ1v) is 4.76. The van der Waals surface area contributed by atoms with E-state index in [4.69, 9.17) is 34.8 Å². The normalized spacial score (nSPS) is 16.2. The number of hydrogen-bond acceptors (Lipinski definition) is 2. The van der Waals surface area contributed by atoms with Crippen LogP contribution >= 0.6 is 34.8 Å². The summed E-state index contributed by atoms with van der Waals surface area (Å²) in [6.07, 6.45) is -0.985. The van der Waals surface area contributed by atoms with Crippen LogP contribution in [0.2, 0.25) is 0 Å². The maximum absolute atomic E-state index is 9.29. The summed E-state index contributed by atoms with van der Waals surface area (Å²) < 4.78 is -1.61. The molecule has 5 heteroatoms. The van der Waals surface area contributed by atoms with E-state index < -0.39 is 9.90 Å². The van der Waals surface area contributed by atoms with E-state index in [0.717, 1.165) is 0 Å². The lowest BCUT2D eigenvalue weighted by atomic mass is 10.1. The lowest BCUT2D eigenvalue weighted by molar-refractivity contribution is 0.164. The van der Waals surface area contributed by atoms with Gasteiger partial charge in [0, 0.05) is 12.1 Å². The SMILES string of the molecule is CC(C)(C)NC[C@H](O)C(Cl)(Cl)Cl. The van der Waals surface area contributed by atoms with Gasteiger partial charge in [0.15, 0.2) is 0 Å². The number of nitrogens with one attached hydrogen (secondary N) is 1. The molecule has 0 fully saturated rings. The molecule has 0 bridgehead atoms. The molecule has 0 rings (SSSR count). The van der Waals surface area contributed by atoms with Gasteiger partial charge in [0.05, 0.1) is 0 Å². The fraction of sp³-hybridized carbons (Fsp3) is 1.00. The summed E-state index contributed by atoms with van der Waals surface area (Å²) in [5, 5.41) is 12.3. The fourth-order valence-electron chi connectivity index (χ4n) is 0.519. The Balaban J connectivity index is 3.80. The van der Waals surface area contributed by atoms with Gasteiger partial charge >= 0.3 is 0 Å². The van der Waals surface area contributed by atoms with Gasteiger partial charge in [-0.05, 0) is 20.8 Å². The van der Waals surface area contributed by atoms with Gasteiger partial charge < -0.3 is 10.4 Å². The quantitative estimate of drug-likeness (QED) is 0.717. The third-order valence-electron chi connectivity index (χ3n) is 1.20. The molecule has 2 nitrogen and oxygen atoms in total. The molecule has 0 aromatic rings. The van der Waals surface area contributed by atoms with E-state index >= 15 is 0 Å². The molecule has 12 heavy (non-hydrogen) atoms. The molecule has 0 aliphatic heterocycles. The van der Waals surface area contributed by atoms with Gasteiger partial charge in [-0.25, -0.2) is 0 Å². The lowest BCUT2D eigenvalue weighted by Crippen LogP contribution is -2.44. The number of aliphatic hydroxyl groups excluding tert-OH is 1. The molecule has 0 aliphatic carbocycles. The minimum absolute atomic E-state index is 0.0864. The summed E-state index contributed by atoms with van der Waals surface area (Å²) in [5.41, 5.74) is -0.0864. The zero-order chi connectivity index (χ0) is 9.99. The Hall–Kier alpha value is 0.790. The summed E-state index contributed by atoms with van der Waals surface area (Å²) in [4.78, 5) is 0. The Morgan fingerprint density at radius 2 is 1.67 bits per heavy atom. The van der Waals surface area contributed by atoms with Crippen molar-refractivity contribution in [2.24, 2.45) is 0 Å². The Bertz CT molecular complexity index is 139. The van der Waals surface area contributed by atoms with Crippen LogP contribution in [-0.4, -0.2) is 27.1 Å². The van der Waals surface area contributed by atoms with Crippen LogP contribution in [0.1, 0.15) is 20.8 Å². The second kappa shape index (κ2) is 4.34. The van der Waals surface area contributed by atoms with Crippen molar-refractivity contribution in [3.63, 3.8) is 0 Å². The molecule has 0 saturated carbocycles. The molecule has 0 radical (unpaired) electrons. The molecule has 74 valence electrons. The molecule has 0 aromatic heterocycles. The summed E-state index contributed by atoms with van der Waals surface area (Å²) >= 11 is 16.4. The van der Waals surface area contributed by atoms with Crippen molar-refractivity contribution in [1.29, 1.82) is 0 Å². The van der Waals surface area contributed by atoms with Crippen LogP contribution in [0.4, 0.5) is 0 Å². The zero-order valence-corrected chi connectivity index (χ0v) is 9.63. The largest absolute Gasteiger partial charge is 0.387 e. The number of hydrogen-bond donors (Lipinski definition) is 2. The minimum atomic E-state index is -1.61. The second-order valence-electron chi connectivity index (χ2n) is 3.69. The van der Waals surface area contributed by atoms with E-state index in [1.807, 2.05) is 20.8 Å².